The molecule has 35 heavy (non-hydrogen) atoms. The first-order chi connectivity index (χ1) is 16.5. The molecule has 190 valence electrons. The van der Waals surface area contributed by atoms with E-state index in [1.54, 1.807) is 4.90 Å². The molecule has 0 bridgehead atoms. The molecule has 1 aliphatic heterocycles. The van der Waals surface area contributed by atoms with Gasteiger partial charge in [0.2, 0.25) is 11.9 Å². The van der Waals surface area contributed by atoms with Crippen LogP contribution in [0.1, 0.15) is 87.9 Å². The van der Waals surface area contributed by atoms with Gasteiger partial charge in [-0.3, -0.25) is 14.5 Å². The Kier molecular flexibility index (Phi) is 8.18. The molecule has 0 fully saturated rings. The summed E-state index contributed by atoms with van der Waals surface area (Å²) >= 11 is 0. The van der Waals surface area contributed by atoms with Gasteiger partial charge in [0.05, 0.1) is 5.69 Å². The zero-order valence-electron chi connectivity index (χ0n) is 22.8. The zero-order chi connectivity index (χ0) is 26.0. The third-order valence-corrected chi connectivity index (χ3v) is 6.78. The van der Waals surface area contributed by atoms with Crippen molar-refractivity contribution in [1.29, 1.82) is 0 Å². The minimum absolute atomic E-state index is 0.00771. The Morgan fingerprint density at radius 2 is 1.66 bits per heavy atom. The van der Waals surface area contributed by atoms with Gasteiger partial charge in [-0.05, 0) is 64.5 Å². The summed E-state index contributed by atoms with van der Waals surface area (Å²) < 4.78 is 0. The number of carbonyl (C=O) groups is 2. The fourth-order valence-electron chi connectivity index (χ4n) is 5.29. The lowest BCUT2D eigenvalue weighted by molar-refractivity contribution is -0.127. The molecule has 0 saturated heterocycles. The number of aromatic nitrogens is 2. The number of rotatable bonds is 9. The van der Waals surface area contributed by atoms with E-state index in [0.717, 1.165) is 40.9 Å². The van der Waals surface area contributed by atoms with E-state index in [2.05, 4.69) is 63.9 Å². The number of nitrogens with zero attached hydrogens (tertiary/aromatic N) is 4. The van der Waals surface area contributed by atoms with Crippen molar-refractivity contribution < 1.29 is 9.59 Å². The molecule has 1 unspecified atom stereocenters. The van der Waals surface area contributed by atoms with Gasteiger partial charge >= 0.3 is 0 Å². The molecule has 1 aromatic carbocycles. The standard InChI is InChI=1S/C28H41N5O2/c1-10-21(11-2)33-26-23(24(27(33)35)30-22(34)13-16(4)5)20(9)29-28(31-26)32(12-3)25-18(7)14-17(6)15-19(25)8/h14-16,21,24H,10-13H2,1-9H3,(H,30,34). The first-order valence-corrected chi connectivity index (χ1v) is 12.9. The van der Waals surface area contributed by atoms with Gasteiger partial charge < -0.3 is 10.2 Å². The van der Waals surface area contributed by atoms with Crippen LogP contribution in [0.15, 0.2) is 12.1 Å². The van der Waals surface area contributed by atoms with Crippen LogP contribution in [0.3, 0.4) is 0 Å². The average molecular weight is 480 g/mol. The number of aryl methyl sites for hydroxylation is 4. The molecule has 2 heterocycles. The Morgan fingerprint density at radius 3 is 2.17 bits per heavy atom. The summed E-state index contributed by atoms with van der Waals surface area (Å²) in [5.41, 5.74) is 6.09. The van der Waals surface area contributed by atoms with Crippen molar-refractivity contribution in [2.45, 2.75) is 93.7 Å². The van der Waals surface area contributed by atoms with E-state index in [-0.39, 0.29) is 23.8 Å². The highest BCUT2D eigenvalue weighted by atomic mass is 16.2. The second kappa shape index (κ2) is 10.8. The van der Waals surface area contributed by atoms with E-state index < -0.39 is 6.04 Å². The van der Waals surface area contributed by atoms with Gasteiger partial charge in [0, 0.05) is 30.3 Å². The third-order valence-electron chi connectivity index (χ3n) is 6.78. The van der Waals surface area contributed by atoms with Gasteiger partial charge in [-0.1, -0.05) is 45.4 Å². The largest absolute Gasteiger partial charge is 0.340 e. The van der Waals surface area contributed by atoms with Crippen molar-refractivity contribution in [2.24, 2.45) is 5.92 Å². The van der Waals surface area contributed by atoms with Crippen LogP contribution in [0.2, 0.25) is 0 Å². The Hall–Kier alpha value is -2.96. The van der Waals surface area contributed by atoms with Crippen LogP contribution in [0, 0.1) is 33.6 Å². The molecule has 0 saturated carbocycles. The molecule has 1 aromatic heterocycles. The van der Waals surface area contributed by atoms with Crippen molar-refractivity contribution >= 4 is 29.3 Å². The number of hydrogen-bond acceptors (Lipinski definition) is 5. The summed E-state index contributed by atoms with van der Waals surface area (Å²) in [6.07, 6.45) is 1.98. The number of nitrogens with one attached hydrogen (secondary N) is 1. The topological polar surface area (TPSA) is 78.4 Å². The molecule has 1 atom stereocenters. The Labute approximate surface area is 210 Å². The van der Waals surface area contributed by atoms with Gasteiger partial charge in [-0.25, -0.2) is 4.98 Å². The molecule has 0 spiro atoms. The quantitative estimate of drug-likeness (QED) is 0.506. The maximum Gasteiger partial charge on any atom is 0.255 e. The second-order valence-corrected chi connectivity index (χ2v) is 10.1. The van der Waals surface area contributed by atoms with E-state index in [9.17, 15) is 9.59 Å². The van der Waals surface area contributed by atoms with E-state index in [1.807, 2.05) is 20.8 Å². The monoisotopic (exact) mass is 479 g/mol. The van der Waals surface area contributed by atoms with Crippen LogP contribution in [0.4, 0.5) is 17.5 Å². The number of benzene rings is 1. The van der Waals surface area contributed by atoms with Crippen LogP contribution in [0.5, 0.6) is 0 Å². The molecule has 2 amide bonds. The third kappa shape index (κ3) is 5.19. The first-order valence-electron chi connectivity index (χ1n) is 12.9. The Morgan fingerprint density at radius 1 is 1.06 bits per heavy atom. The van der Waals surface area contributed by atoms with Crippen LogP contribution < -0.4 is 15.1 Å². The lowest BCUT2D eigenvalue weighted by Gasteiger charge is -2.29. The molecule has 0 aliphatic carbocycles. The molecule has 7 heteroatoms. The van der Waals surface area contributed by atoms with Gasteiger partial charge in [0.15, 0.2) is 0 Å². The van der Waals surface area contributed by atoms with Crippen molar-refractivity contribution in [3.8, 4) is 0 Å². The molecule has 1 N–H and O–H groups in total. The molecule has 2 aromatic rings. The van der Waals surface area contributed by atoms with E-state index >= 15 is 0 Å². The predicted molar refractivity (Wildman–Crippen MR) is 142 cm³/mol. The summed E-state index contributed by atoms with van der Waals surface area (Å²) in [7, 11) is 0. The van der Waals surface area contributed by atoms with Gasteiger partial charge in [-0.15, -0.1) is 0 Å². The molecule has 1 aliphatic rings. The summed E-state index contributed by atoms with van der Waals surface area (Å²) in [4.78, 5) is 40.2. The number of amides is 2. The molecular formula is C28H41N5O2. The highest BCUT2D eigenvalue weighted by molar-refractivity contribution is 6.06. The maximum atomic E-state index is 13.7. The highest BCUT2D eigenvalue weighted by Crippen LogP contribution is 2.41. The number of carbonyl (C=O) groups excluding carboxylic acids is 2. The predicted octanol–water partition coefficient (Wildman–Crippen LogP) is 5.61. The van der Waals surface area contributed by atoms with E-state index in [0.29, 0.717) is 24.7 Å². The second-order valence-electron chi connectivity index (χ2n) is 10.1. The lowest BCUT2D eigenvalue weighted by Crippen LogP contribution is -2.42. The van der Waals surface area contributed by atoms with Crippen LogP contribution in [-0.4, -0.2) is 34.4 Å². The lowest BCUT2D eigenvalue weighted by atomic mass is 10.0. The Bertz CT molecular complexity index is 1080. The SMILES string of the molecule is CCC(CC)N1C(=O)C(NC(=O)CC(C)C)c2c(C)nc(N(CC)c3c(C)cc(C)cc3C)nc21. The average Bonchev–Trinajstić information content (AvgIpc) is 3.03. The molecule has 3 rings (SSSR count). The normalized spacial score (nSPS) is 15.2. The smallest absolute Gasteiger partial charge is 0.255 e. The fourth-order valence-corrected chi connectivity index (χ4v) is 5.29. The zero-order valence-corrected chi connectivity index (χ0v) is 22.8. The van der Waals surface area contributed by atoms with Crippen molar-refractivity contribution in [1.82, 2.24) is 15.3 Å². The molecule has 7 nitrogen and oxygen atoms in total. The number of anilines is 3. The maximum absolute atomic E-state index is 13.7. The summed E-state index contributed by atoms with van der Waals surface area (Å²) in [5.74, 6) is 1.17. The van der Waals surface area contributed by atoms with E-state index in [4.69, 9.17) is 9.97 Å². The van der Waals surface area contributed by atoms with Crippen molar-refractivity contribution in [2.75, 3.05) is 16.3 Å². The van der Waals surface area contributed by atoms with Crippen molar-refractivity contribution in [3.63, 3.8) is 0 Å². The first kappa shape index (κ1) is 26.6. The van der Waals surface area contributed by atoms with Crippen LogP contribution in [0.25, 0.3) is 0 Å². The minimum atomic E-state index is -0.746. The molecular weight excluding hydrogens is 438 g/mol. The highest BCUT2D eigenvalue weighted by Gasteiger charge is 2.44. The van der Waals surface area contributed by atoms with Gasteiger partial charge in [0.25, 0.3) is 5.91 Å². The van der Waals surface area contributed by atoms with Gasteiger partial charge in [0.1, 0.15) is 11.9 Å². The Balaban J connectivity index is 2.16. The van der Waals surface area contributed by atoms with Crippen molar-refractivity contribution in [3.05, 3.63) is 40.1 Å². The van der Waals surface area contributed by atoms with Crippen LogP contribution >= 0.6 is 0 Å². The van der Waals surface area contributed by atoms with E-state index in [1.165, 1.54) is 5.56 Å². The summed E-state index contributed by atoms with van der Waals surface area (Å²) in [6.45, 7) is 19.2. The van der Waals surface area contributed by atoms with Gasteiger partial charge in [-0.2, -0.15) is 4.98 Å². The number of fused-ring (bicyclic) bond motifs is 1. The number of hydrogen-bond donors (Lipinski definition) is 1. The minimum Gasteiger partial charge on any atom is -0.340 e. The summed E-state index contributed by atoms with van der Waals surface area (Å²) in [6, 6.07) is 3.61. The fraction of sp³-hybridized carbons (Fsp3) is 0.571. The molecule has 0 radical (unpaired) electrons. The van der Waals surface area contributed by atoms with Crippen LogP contribution in [-0.2, 0) is 9.59 Å². The summed E-state index contributed by atoms with van der Waals surface area (Å²) in [5, 5.41) is 2.99.